The van der Waals surface area contributed by atoms with Gasteiger partial charge in [0.2, 0.25) is 0 Å². The van der Waals surface area contributed by atoms with Gasteiger partial charge in [0, 0.05) is 6.20 Å². The molecule has 58 valence electrons. The molecule has 1 N–H and O–H groups in total. The van der Waals surface area contributed by atoms with Crippen LogP contribution in [0, 0.1) is 0 Å². The third-order valence-electron chi connectivity index (χ3n) is 1.02. The minimum Gasteiger partial charge on any atom is -0.481 e. The Morgan fingerprint density at radius 3 is 2.82 bits per heavy atom. The van der Waals surface area contributed by atoms with Crippen LogP contribution < -0.4 is 0 Å². The Morgan fingerprint density at radius 1 is 1.64 bits per heavy atom. The number of carbonyl (C=O) groups excluding carboxylic acids is 1. The van der Waals surface area contributed by atoms with Crippen molar-refractivity contribution in [1.29, 1.82) is 0 Å². The maximum Gasteiger partial charge on any atom is 0.311 e. The summed E-state index contributed by atoms with van der Waals surface area (Å²) < 4.78 is 0. The zero-order chi connectivity index (χ0) is 8.27. The van der Waals surface area contributed by atoms with Gasteiger partial charge in [-0.05, 0) is 0 Å². The monoisotopic (exact) mass is 171 g/mol. The Labute approximate surface area is 66.5 Å². The van der Waals surface area contributed by atoms with E-state index in [0.717, 1.165) is 11.3 Å². The van der Waals surface area contributed by atoms with Crippen LogP contribution in [0.1, 0.15) is 16.1 Å². The van der Waals surface area contributed by atoms with E-state index in [9.17, 15) is 9.59 Å². The molecule has 0 radical (unpaired) electrons. The fraction of sp³-hybridized carbons (Fsp3) is 0.167. The molecule has 1 heterocycles. The highest BCUT2D eigenvalue weighted by Gasteiger charge is 2.10. The first-order valence-electron chi connectivity index (χ1n) is 2.83. The summed E-state index contributed by atoms with van der Waals surface area (Å²) in [5, 5.41) is 8.25. The molecule has 1 aromatic heterocycles. The molecule has 0 aliphatic heterocycles. The average molecular weight is 171 g/mol. The molecule has 0 saturated heterocycles. The fourth-order valence-corrected chi connectivity index (χ4v) is 1.14. The minimum absolute atomic E-state index is 0.389. The Balaban J connectivity index is 2.64. The normalized spacial score (nSPS) is 9.45. The van der Waals surface area contributed by atoms with Crippen molar-refractivity contribution in [1.82, 2.24) is 4.98 Å². The highest BCUT2D eigenvalue weighted by Crippen LogP contribution is 2.07. The van der Waals surface area contributed by atoms with E-state index in [1.807, 2.05) is 0 Å². The zero-order valence-corrected chi connectivity index (χ0v) is 6.30. The number of aliphatic carboxylic acids is 1. The Kier molecular flexibility index (Phi) is 2.32. The molecule has 0 aliphatic carbocycles. The maximum atomic E-state index is 10.9. The molecule has 4 nitrogen and oxygen atoms in total. The van der Waals surface area contributed by atoms with Gasteiger partial charge in [-0.3, -0.25) is 14.6 Å². The van der Waals surface area contributed by atoms with Crippen LogP contribution in [-0.4, -0.2) is 21.8 Å². The molecule has 1 aromatic rings. The van der Waals surface area contributed by atoms with E-state index in [1.165, 1.54) is 11.7 Å². The Hall–Kier alpha value is -1.23. The summed E-state index contributed by atoms with van der Waals surface area (Å²) in [6.07, 6.45) is 0.915. The molecule has 11 heavy (non-hydrogen) atoms. The number of carbonyl (C=O) groups is 2. The summed E-state index contributed by atoms with van der Waals surface area (Å²) in [5.41, 5.74) is 1.50. The van der Waals surface area contributed by atoms with Gasteiger partial charge < -0.3 is 5.11 Å². The number of hydrogen-bond acceptors (Lipinski definition) is 4. The van der Waals surface area contributed by atoms with Gasteiger partial charge in [-0.15, -0.1) is 11.3 Å². The second-order valence-corrected chi connectivity index (χ2v) is 2.75. The van der Waals surface area contributed by atoms with Crippen LogP contribution in [0.15, 0.2) is 11.7 Å². The Morgan fingerprint density at radius 2 is 2.36 bits per heavy atom. The van der Waals surface area contributed by atoms with Crippen LogP contribution >= 0.6 is 11.3 Å². The Bertz CT molecular complexity index is 267. The van der Waals surface area contributed by atoms with Crippen molar-refractivity contribution < 1.29 is 14.7 Å². The first-order valence-corrected chi connectivity index (χ1v) is 3.71. The van der Waals surface area contributed by atoms with E-state index >= 15 is 0 Å². The molecule has 0 saturated carbocycles. The third kappa shape index (κ3) is 2.12. The average Bonchev–Trinajstić information content (AvgIpc) is 2.35. The van der Waals surface area contributed by atoms with Crippen molar-refractivity contribution >= 4 is 23.1 Å². The molecular weight excluding hydrogens is 166 g/mol. The molecule has 5 heteroatoms. The lowest BCUT2D eigenvalue weighted by Crippen LogP contribution is -2.04. The lowest BCUT2D eigenvalue weighted by molar-refractivity contribution is -0.135. The molecule has 0 bridgehead atoms. The third-order valence-corrected chi connectivity index (χ3v) is 1.83. The van der Waals surface area contributed by atoms with Gasteiger partial charge in [-0.1, -0.05) is 0 Å². The van der Waals surface area contributed by atoms with Crippen molar-refractivity contribution in [2.24, 2.45) is 0 Å². The van der Waals surface area contributed by atoms with Crippen molar-refractivity contribution in [3.05, 3.63) is 16.6 Å². The zero-order valence-electron chi connectivity index (χ0n) is 5.48. The second kappa shape index (κ2) is 3.25. The number of thiazole rings is 1. The molecule has 0 aliphatic rings. The lowest BCUT2D eigenvalue weighted by atomic mass is 10.2. The first kappa shape index (κ1) is 7.87. The van der Waals surface area contributed by atoms with Crippen LogP contribution in [0.3, 0.4) is 0 Å². The summed E-state index contributed by atoms with van der Waals surface area (Å²) in [6, 6.07) is 0. The number of nitrogens with zero attached hydrogens (tertiary/aromatic N) is 1. The smallest absolute Gasteiger partial charge is 0.311 e. The SMILES string of the molecule is O=C(O)CC(=O)c1cncs1. The number of carboxylic acid groups (broad SMARTS) is 1. The minimum atomic E-state index is -1.11. The molecule has 0 atom stereocenters. The van der Waals surface area contributed by atoms with Crippen molar-refractivity contribution in [3.63, 3.8) is 0 Å². The van der Waals surface area contributed by atoms with Gasteiger partial charge >= 0.3 is 5.97 Å². The number of rotatable bonds is 3. The summed E-state index contributed by atoms with van der Waals surface area (Å²) in [7, 11) is 0. The highest BCUT2D eigenvalue weighted by atomic mass is 32.1. The largest absolute Gasteiger partial charge is 0.481 e. The summed E-state index contributed by atoms with van der Waals surface area (Å²) >= 11 is 1.15. The molecule has 0 amide bonds. The quantitative estimate of drug-likeness (QED) is 0.539. The molecular formula is C6H5NO3S. The molecule has 0 aromatic carbocycles. The van der Waals surface area contributed by atoms with Gasteiger partial charge in [0.1, 0.15) is 6.42 Å². The molecule has 0 unspecified atom stereocenters. The van der Waals surface area contributed by atoms with Crippen LogP contribution in [0.25, 0.3) is 0 Å². The van der Waals surface area contributed by atoms with E-state index in [2.05, 4.69) is 4.98 Å². The van der Waals surface area contributed by atoms with Gasteiger partial charge in [0.25, 0.3) is 0 Å². The van der Waals surface area contributed by atoms with Crippen molar-refractivity contribution in [2.45, 2.75) is 6.42 Å². The number of hydrogen-bond donors (Lipinski definition) is 1. The van der Waals surface area contributed by atoms with E-state index in [1.54, 1.807) is 0 Å². The van der Waals surface area contributed by atoms with E-state index in [4.69, 9.17) is 5.11 Å². The van der Waals surface area contributed by atoms with Crippen LogP contribution in [-0.2, 0) is 4.79 Å². The topological polar surface area (TPSA) is 67.3 Å². The second-order valence-electron chi connectivity index (χ2n) is 1.86. The van der Waals surface area contributed by atoms with E-state index < -0.39 is 12.4 Å². The van der Waals surface area contributed by atoms with Crippen LogP contribution in [0.5, 0.6) is 0 Å². The highest BCUT2D eigenvalue weighted by molar-refractivity contribution is 7.11. The fourth-order valence-electron chi connectivity index (χ4n) is 0.578. The lowest BCUT2D eigenvalue weighted by Gasteiger charge is -1.88. The van der Waals surface area contributed by atoms with Gasteiger partial charge in [0.05, 0.1) is 10.4 Å². The van der Waals surface area contributed by atoms with Gasteiger partial charge in [0.15, 0.2) is 5.78 Å². The number of aromatic nitrogens is 1. The number of Topliss-reactive ketones (excluding diaryl/α,β-unsaturated/α-hetero) is 1. The maximum absolute atomic E-state index is 10.9. The molecule has 0 spiro atoms. The van der Waals surface area contributed by atoms with Crippen LogP contribution in [0.2, 0.25) is 0 Å². The van der Waals surface area contributed by atoms with Gasteiger partial charge in [-0.25, -0.2) is 0 Å². The summed E-state index contributed by atoms with van der Waals surface area (Å²) in [4.78, 5) is 25.0. The van der Waals surface area contributed by atoms with Gasteiger partial charge in [-0.2, -0.15) is 0 Å². The number of ketones is 1. The molecule has 0 fully saturated rings. The van der Waals surface area contributed by atoms with E-state index in [-0.39, 0.29) is 5.78 Å². The number of carboxylic acids is 1. The predicted molar refractivity (Wildman–Crippen MR) is 38.7 cm³/mol. The van der Waals surface area contributed by atoms with E-state index in [0.29, 0.717) is 4.88 Å². The van der Waals surface area contributed by atoms with Crippen molar-refractivity contribution in [3.8, 4) is 0 Å². The summed E-state index contributed by atoms with van der Waals surface area (Å²) in [6.45, 7) is 0. The summed E-state index contributed by atoms with van der Waals surface area (Å²) in [5.74, 6) is -1.50. The molecule has 1 rings (SSSR count). The van der Waals surface area contributed by atoms with Crippen molar-refractivity contribution in [2.75, 3.05) is 0 Å². The standard InChI is InChI=1S/C6H5NO3S/c8-4(1-6(9)10)5-2-7-3-11-5/h2-3H,1H2,(H,9,10). The first-order chi connectivity index (χ1) is 5.20. The predicted octanol–water partition coefficient (Wildman–Crippen LogP) is 0.801. The van der Waals surface area contributed by atoms with Crippen LogP contribution in [0.4, 0.5) is 0 Å².